The fraction of sp³-hybridized carbons (Fsp3) is 0. The Morgan fingerprint density at radius 3 is 2.29 bits per heavy atom. The van der Waals surface area contributed by atoms with Crippen molar-refractivity contribution in [3.05, 3.63) is 40.7 Å². The van der Waals surface area contributed by atoms with Gasteiger partial charge in [-0.25, -0.2) is 4.79 Å². The smallest absolute Gasteiger partial charge is 0.362 e. The molecule has 1 rings (SSSR count). The van der Waals surface area contributed by atoms with E-state index in [2.05, 4.69) is 10.2 Å². The average Bonchev–Trinajstić information content (AvgIpc) is 2.19. The summed E-state index contributed by atoms with van der Waals surface area (Å²) in [4.78, 5) is 24.2. The van der Waals surface area contributed by atoms with Crippen molar-refractivity contribution in [2.24, 2.45) is 5.18 Å². The van der Waals surface area contributed by atoms with Crippen LogP contribution in [-0.4, -0.2) is 21.2 Å². The van der Waals surface area contributed by atoms with Crippen LogP contribution in [0.3, 0.4) is 0 Å². The van der Waals surface area contributed by atoms with E-state index in [4.69, 9.17) is 5.11 Å². The number of carbonyl (C=O) groups is 1. The van der Waals surface area contributed by atoms with Crippen LogP contribution < -0.4 is 0 Å². The summed E-state index contributed by atoms with van der Waals surface area (Å²) in [6.45, 7) is 0. The number of aliphatic carboxylic acids is 1. The molecule has 14 heavy (non-hydrogen) atoms. The van der Waals surface area contributed by atoms with E-state index in [0.29, 0.717) is 0 Å². The summed E-state index contributed by atoms with van der Waals surface area (Å²) < 4.78 is 0. The highest BCUT2D eigenvalue weighted by Gasteiger charge is 2.16. The van der Waals surface area contributed by atoms with Crippen LogP contribution in [0.5, 0.6) is 0 Å². The maximum Gasteiger partial charge on any atom is 0.362 e. The minimum absolute atomic E-state index is 0.178. The lowest BCUT2D eigenvalue weighted by atomic mass is 10.2. The third-order valence-electron chi connectivity index (χ3n) is 1.47. The molecule has 72 valence electrons. The van der Waals surface area contributed by atoms with Gasteiger partial charge in [-0.15, -0.1) is 4.91 Å². The molecule has 0 bridgehead atoms. The molecule has 1 heterocycles. The Labute approximate surface area is 78.5 Å². The molecule has 2 N–H and O–H groups in total. The van der Waals surface area contributed by atoms with Gasteiger partial charge in [0, 0.05) is 18.0 Å². The first kappa shape index (κ1) is 9.85. The SMILES string of the molecule is O=NC(C(=O)O)=C(O)c1ccncc1. The summed E-state index contributed by atoms with van der Waals surface area (Å²) >= 11 is 0. The van der Waals surface area contributed by atoms with Crippen molar-refractivity contribution in [3.63, 3.8) is 0 Å². The summed E-state index contributed by atoms with van der Waals surface area (Å²) in [6, 6.07) is 2.73. The second-order valence-electron chi connectivity index (χ2n) is 2.33. The molecule has 1 aromatic rings. The lowest BCUT2D eigenvalue weighted by Crippen LogP contribution is -2.01. The zero-order chi connectivity index (χ0) is 10.6. The molecule has 6 heteroatoms. The second-order valence-corrected chi connectivity index (χ2v) is 2.33. The number of nitrogens with zero attached hydrogens (tertiary/aromatic N) is 2. The highest BCUT2D eigenvalue weighted by Crippen LogP contribution is 2.15. The number of hydrogen-bond acceptors (Lipinski definition) is 5. The third-order valence-corrected chi connectivity index (χ3v) is 1.47. The largest absolute Gasteiger partial charge is 0.505 e. The number of pyridine rings is 1. The van der Waals surface area contributed by atoms with E-state index in [0.717, 1.165) is 0 Å². The molecule has 0 aliphatic heterocycles. The van der Waals surface area contributed by atoms with Gasteiger partial charge in [0.2, 0.25) is 5.70 Å². The van der Waals surface area contributed by atoms with Gasteiger partial charge in [0.1, 0.15) is 0 Å². The number of nitroso groups, excluding NO2 is 1. The van der Waals surface area contributed by atoms with Crippen molar-refractivity contribution in [2.75, 3.05) is 0 Å². The average molecular weight is 194 g/mol. The number of aliphatic hydroxyl groups is 1. The summed E-state index contributed by atoms with van der Waals surface area (Å²) in [6.07, 6.45) is 2.71. The molecular weight excluding hydrogens is 188 g/mol. The summed E-state index contributed by atoms with van der Waals surface area (Å²) in [5.74, 6) is -2.25. The number of carboxylic acids is 1. The molecule has 0 saturated heterocycles. The minimum atomic E-state index is -1.57. The maximum atomic E-state index is 10.4. The van der Waals surface area contributed by atoms with Gasteiger partial charge in [0.05, 0.1) is 0 Å². The van der Waals surface area contributed by atoms with Crippen molar-refractivity contribution in [3.8, 4) is 0 Å². The van der Waals surface area contributed by atoms with Crippen LogP contribution in [0.25, 0.3) is 5.76 Å². The van der Waals surface area contributed by atoms with Crippen molar-refractivity contribution in [1.29, 1.82) is 0 Å². The molecule has 0 atom stereocenters. The number of aliphatic hydroxyl groups excluding tert-OH is 1. The van der Waals surface area contributed by atoms with E-state index in [1.807, 2.05) is 0 Å². The predicted octanol–water partition coefficient (Wildman–Crippen LogP) is 1.16. The predicted molar refractivity (Wildman–Crippen MR) is 47.2 cm³/mol. The van der Waals surface area contributed by atoms with Crippen LogP contribution in [0, 0.1) is 4.91 Å². The number of rotatable bonds is 3. The molecule has 0 aliphatic rings. The van der Waals surface area contributed by atoms with Crippen LogP contribution in [0.1, 0.15) is 5.56 Å². The van der Waals surface area contributed by atoms with Gasteiger partial charge in [-0.1, -0.05) is 0 Å². The lowest BCUT2D eigenvalue weighted by Gasteiger charge is -1.99. The molecule has 0 aliphatic carbocycles. The zero-order valence-corrected chi connectivity index (χ0v) is 6.91. The van der Waals surface area contributed by atoms with Gasteiger partial charge < -0.3 is 10.2 Å². The first-order valence-corrected chi connectivity index (χ1v) is 3.57. The van der Waals surface area contributed by atoms with Gasteiger partial charge in [-0.05, 0) is 17.3 Å². The van der Waals surface area contributed by atoms with Crippen LogP contribution in [0.2, 0.25) is 0 Å². The third kappa shape index (κ3) is 1.92. The Kier molecular flexibility index (Phi) is 2.90. The number of aromatic nitrogens is 1. The highest BCUT2D eigenvalue weighted by molar-refractivity contribution is 5.93. The number of carboxylic acid groups (broad SMARTS) is 1. The standard InChI is InChI=1S/C8H6N2O4/c11-7(6(10-14)8(12)13)5-1-3-9-4-2-5/h1-4,11H,(H,12,13). The zero-order valence-electron chi connectivity index (χ0n) is 6.91. The van der Waals surface area contributed by atoms with E-state index in [1.165, 1.54) is 24.5 Å². The monoisotopic (exact) mass is 194 g/mol. The van der Waals surface area contributed by atoms with Gasteiger partial charge in [0.15, 0.2) is 5.76 Å². The van der Waals surface area contributed by atoms with Gasteiger partial charge >= 0.3 is 5.97 Å². The van der Waals surface area contributed by atoms with Gasteiger partial charge in [0.25, 0.3) is 0 Å². The topological polar surface area (TPSA) is 99.9 Å². The van der Waals surface area contributed by atoms with Crippen LogP contribution >= 0.6 is 0 Å². The van der Waals surface area contributed by atoms with E-state index in [-0.39, 0.29) is 5.56 Å². The second kappa shape index (κ2) is 4.13. The van der Waals surface area contributed by atoms with Crippen molar-refractivity contribution in [2.45, 2.75) is 0 Å². The Morgan fingerprint density at radius 2 is 1.86 bits per heavy atom. The highest BCUT2D eigenvalue weighted by atomic mass is 16.4. The molecular formula is C8H6N2O4. The quantitative estimate of drug-likeness (QED) is 0.427. The van der Waals surface area contributed by atoms with E-state index in [1.54, 1.807) is 0 Å². The minimum Gasteiger partial charge on any atom is -0.505 e. The Morgan fingerprint density at radius 1 is 1.29 bits per heavy atom. The van der Waals surface area contributed by atoms with E-state index >= 15 is 0 Å². The normalized spacial score (nSPS) is 11.7. The molecule has 1 aromatic heterocycles. The first-order chi connectivity index (χ1) is 6.66. The molecule has 0 radical (unpaired) electrons. The summed E-state index contributed by atoms with van der Waals surface area (Å²) in [5.41, 5.74) is -0.742. The Balaban J connectivity index is 3.21. The van der Waals surface area contributed by atoms with Crippen molar-refractivity contribution >= 4 is 11.7 Å². The molecule has 0 unspecified atom stereocenters. The molecule has 0 saturated carbocycles. The maximum absolute atomic E-state index is 10.4. The van der Waals surface area contributed by atoms with Crippen LogP contribution in [0.4, 0.5) is 0 Å². The summed E-state index contributed by atoms with van der Waals surface area (Å²) in [5, 5.41) is 20.0. The lowest BCUT2D eigenvalue weighted by molar-refractivity contribution is -0.132. The Hall–Kier alpha value is -2.24. The van der Waals surface area contributed by atoms with Gasteiger partial charge in [-0.2, -0.15) is 0 Å². The summed E-state index contributed by atoms with van der Waals surface area (Å²) in [7, 11) is 0. The fourth-order valence-electron chi connectivity index (χ4n) is 0.830. The molecule has 0 aromatic carbocycles. The van der Waals surface area contributed by atoms with Gasteiger partial charge in [-0.3, -0.25) is 4.98 Å². The number of hydrogen-bond donors (Lipinski definition) is 2. The molecule has 0 fully saturated rings. The van der Waals surface area contributed by atoms with Crippen molar-refractivity contribution < 1.29 is 15.0 Å². The Bertz CT molecular complexity index is 386. The fourth-order valence-corrected chi connectivity index (χ4v) is 0.830. The van der Waals surface area contributed by atoms with Crippen LogP contribution in [0.15, 0.2) is 35.4 Å². The molecule has 0 spiro atoms. The molecule has 6 nitrogen and oxygen atoms in total. The molecule has 0 amide bonds. The van der Waals surface area contributed by atoms with Crippen LogP contribution in [-0.2, 0) is 4.79 Å². The first-order valence-electron chi connectivity index (χ1n) is 3.57. The van der Waals surface area contributed by atoms with E-state index in [9.17, 15) is 14.8 Å². The van der Waals surface area contributed by atoms with E-state index < -0.39 is 17.4 Å². The van der Waals surface area contributed by atoms with Crippen molar-refractivity contribution in [1.82, 2.24) is 4.98 Å².